The zero-order valence-corrected chi connectivity index (χ0v) is 16.0. The average molecular weight is 435 g/mol. The van der Waals surface area contributed by atoms with E-state index in [1.54, 1.807) is 36.4 Å². The van der Waals surface area contributed by atoms with Gasteiger partial charge in [-0.05, 0) is 58.4 Å². The average Bonchev–Trinajstić information content (AvgIpc) is 3.31. The third-order valence-corrected chi connectivity index (χ3v) is 4.94. The molecule has 0 aliphatic heterocycles. The molecule has 0 amide bonds. The van der Waals surface area contributed by atoms with Gasteiger partial charge in [-0.3, -0.25) is 9.36 Å². The lowest BCUT2D eigenvalue weighted by atomic mass is 10.2. The Hall–Kier alpha value is -3.43. The molecule has 4 aromatic rings. The van der Waals surface area contributed by atoms with Gasteiger partial charge in [0, 0.05) is 27.7 Å². The summed E-state index contributed by atoms with van der Waals surface area (Å²) in [5, 5.41) is 9.98. The largest absolute Gasteiger partial charge is 0.457 e. The minimum atomic E-state index is -0.344. The van der Waals surface area contributed by atoms with Crippen LogP contribution in [0.4, 0.5) is 4.39 Å². The van der Waals surface area contributed by atoms with E-state index in [0.717, 1.165) is 5.39 Å². The number of halogens is 2. The first-order valence-corrected chi connectivity index (χ1v) is 9.14. The molecule has 0 bridgehead atoms. The predicted octanol–water partition coefficient (Wildman–Crippen LogP) is 6.03. The summed E-state index contributed by atoms with van der Waals surface area (Å²) in [6.07, 6.45) is 4.47. The van der Waals surface area contributed by atoms with Crippen LogP contribution < -0.4 is 0 Å². The number of aromatic nitrogens is 1. The van der Waals surface area contributed by atoms with Crippen LogP contribution in [-0.2, 0) is 0 Å². The van der Waals surface area contributed by atoms with Gasteiger partial charge in [0.1, 0.15) is 23.4 Å². The Kier molecular flexibility index (Phi) is 4.68. The Morgan fingerprint density at radius 3 is 2.79 bits per heavy atom. The lowest BCUT2D eigenvalue weighted by Crippen LogP contribution is -2.04. The van der Waals surface area contributed by atoms with Gasteiger partial charge in [-0.2, -0.15) is 5.26 Å². The SMILES string of the molecule is N#Cc1cn(C(=O)/C=C/c2ccc(-c3ccc(F)cc3Br)o2)c2ccccc12. The summed E-state index contributed by atoms with van der Waals surface area (Å²) in [6, 6.07) is 17.1. The van der Waals surface area contributed by atoms with Crippen molar-refractivity contribution in [1.82, 2.24) is 4.57 Å². The molecule has 0 N–H and O–H groups in total. The molecular weight excluding hydrogens is 423 g/mol. The molecule has 0 unspecified atom stereocenters. The number of para-hydroxylation sites is 1. The number of carbonyl (C=O) groups excluding carboxylic acids is 1. The van der Waals surface area contributed by atoms with E-state index in [-0.39, 0.29) is 11.7 Å². The first-order valence-electron chi connectivity index (χ1n) is 8.34. The number of benzene rings is 2. The Labute approximate surface area is 168 Å². The molecule has 0 saturated carbocycles. The minimum Gasteiger partial charge on any atom is -0.457 e. The first-order chi connectivity index (χ1) is 13.6. The van der Waals surface area contributed by atoms with Crippen LogP contribution in [0.2, 0.25) is 0 Å². The van der Waals surface area contributed by atoms with Crippen molar-refractivity contribution in [3.8, 4) is 17.4 Å². The standard InChI is InChI=1S/C22H12BrFN2O2/c23-19-11-15(24)5-8-18(19)21-9-6-16(28-21)7-10-22(27)26-13-14(12-25)17-3-1-2-4-20(17)26/h1-11,13H/b10-7+. The van der Waals surface area contributed by atoms with Crippen molar-refractivity contribution in [2.75, 3.05) is 0 Å². The summed E-state index contributed by atoms with van der Waals surface area (Å²) in [6.45, 7) is 0. The number of fused-ring (bicyclic) bond motifs is 1. The van der Waals surface area contributed by atoms with Crippen molar-refractivity contribution in [3.63, 3.8) is 0 Å². The number of carbonyl (C=O) groups is 1. The lowest BCUT2D eigenvalue weighted by Gasteiger charge is -2.00. The molecule has 4 nitrogen and oxygen atoms in total. The maximum absolute atomic E-state index is 13.2. The fourth-order valence-electron chi connectivity index (χ4n) is 2.96. The molecule has 28 heavy (non-hydrogen) atoms. The molecule has 2 aromatic heterocycles. The fraction of sp³-hybridized carbons (Fsp3) is 0. The van der Waals surface area contributed by atoms with Crippen molar-refractivity contribution in [2.24, 2.45) is 0 Å². The van der Waals surface area contributed by atoms with E-state index >= 15 is 0 Å². The number of hydrogen-bond acceptors (Lipinski definition) is 3. The quantitative estimate of drug-likeness (QED) is 0.370. The summed E-state index contributed by atoms with van der Waals surface area (Å²) >= 11 is 3.32. The van der Waals surface area contributed by atoms with Gasteiger partial charge in [-0.25, -0.2) is 4.39 Å². The Bertz CT molecular complexity index is 1280. The third kappa shape index (κ3) is 3.28. The molecule has 6 heteroatoms. The second kappa shape index (κ2) is 7.29. The van der Waals surface area contributed by atoms with Gasteiger partial charge in [0.05, 0.1) is 11.1 Å². The van der Waals surface area contributed by atoms with Crippen LogP contribution in [0, 0.1) is 17.1 Å². The zero-order chi connectivity index (χ0) is 19.7. The summed E-state index contributed by atoms with van der Waals surface area (Å²) in [5.41, 5.74) is 1.82. The highest BCUT2D eigenvalue weighted by Crippen LogP contribution is 2.30. The number of furan rings is 1. The molecule has 0 fully saturated rings. The maximum atomic E-state index is 13.2. The van der Waals surface area contributed by atoms with Crippen molar-refractivity contribution < 1.29 is 13.6 Å². The van der Waals surface area contributed by atoms with Crippen molar-refractivity contribution >= 4 is 38.8 Å². The Balaban J connectivity index is 1.61. The van der Waals surface area contributed by atoms with Crippen LogP contribution in [0.1, 0.15) is 16.1 Å². The monoisotopic (exact) mass is 434 g/mol. The predicted molar refractivity (Wildman–Crippen MR) is 108 cm³/mol. The van der Waals surface area contributed by atoms with Gasteiger partial charge in [0.25, 0.3) is 5.91 Å². The van der Waals surface area contributed by atoms with E-state index in [0.29, 0.717) is 32.6 Å². The molecule has 4 rings (SSSR count). The summed E-state index contributed by atoms with van der Waals surface area (Å²) < 4.78 is 21.0. The second-order valence-electron chi connectivity index (χ2n) is 6.04. The molecule has 0 atom stereocenters. The second-order valence-corrected chi connectivity index (χ2v) is 6.89. The van der Waals surface area contributed by atoms with Crippen LogP contribution >= 0.6 is 15.9 Å². The number of hydrogen-bond donors (Lipinski definition) is 0. The van der Waals surface area contributed by atoms with Gasteiger partial charge in [0.2, 0.25) is 0 Å². The Morgan fingerprint density at radius 2 is 2.00 bits per heavy atom. The maximum Gasteiger partial charge on any atom is 0.255 e. The molecule has 0 aliphatic carbocycles. The highest BCUT2D eigenvalue weighted by atomic mass is 79.9. The smallest absolute Gasteiger partial charge is 0.255 e. The van der Waals surface area contributed by atoms with Gasteiger partial charge in [-0.15, -0.1) is 0 Å². The highest BCUT2D eigenvalue weighted by molar-refractivity contribution is 9.10. The zero-order valence-electron chi connectivity index (χ0n) is 14.4. The van der Waals surface area contributed by atoms with E-state index in [1.165, 1.54) is 29.0 Å². The normalized spacial score (nSPS) is 11.2. The molecule has 0 radical (unpaired) electrons. The summed E-state index contributed by atoms with van der Waals surface area (Å²) in [4.78, 5) is 12.6. The first kappa shape index (κ1) is 18.0. The van der Waals surface area contributed by atoms with Crippen LogP contribution in [-0.4, -0.2) is 10.5 Å². The topological polar surface area (TPSA) is 58.9 Å². The fourth-order valence-corrected chi connectivity index (χ4v) is 3.51. The molecule has 2 aromatic carbocycles. The van der Waals surface area contributed by atoms with Crippen molar-refractivity contribution in [1.29, 1.82) is 5.26 Å². The van der Waals surface area contributed by atoms with Gasteiger partial charge >= 0.3 is 0 Å². The molecule has 0 spiro atoms. The van der Waals surface area contributed by atoms with Crippen molar-refractivity contribution in [3.05, 3.63) is 88.5 Å². The van der Waals surface area contributed by atoms with E-state index in [1.807, 2.05) is 12.1 Å². The van der Waals surface area contributed by atoms with Crippen LogP contribution in [0.3, 0.4) is 0 Å². The van der Waals surface area contributed by atoms with Crippen molar-refractivity contribution in [2.45, 2.75) is 0 Å². The lowest BCUT2D eigenvalue weighted by molar-refractivity contribution is 0.0974. The Morgan fingerprint density at radius 1 is 1.18 bits per heavy atom. The number of nitrogens with zero attached hydrogens (tertiary/aromatic N) is 2. The molecule has 0 saturated heterocycles. The highest BCUT2D eigenvalue weighted by Gasteiger charge is 2.12. The van der Waals surface area contributed by atoms with Crippen LogP contribution in [0.5, 0.6) is 0 Å². The molecule has 0 aliphatic rings. The van der Waals surface area contributed by atoms with E-state index in [4.69, 9.17) is 4.42 Å². The number of nitriles is 1. The van der Waals surface area contributed by atoms with Gasteiger partial charge in [0.15, 0.2) is 0 Å². The van der Waals surface area contributed by atoms with E-state index < -0.39 is 0 Å². The van der Waals surface area contributed by atoms with Gasteiger partial charge in [-0.1, -0.05) is 18.2 Å². The number of rotatable bonds is 3. The summed E-state index contributed by atoms with van der Waals surface area (Å²) in [5.74, 6) is 0.399. The molecule has 2 heterocycles. The molecule has 136 valence electrons. The minimum absolute atomic E-state index is 0.293. The van der Waals surface area contributed by atoms with Crippen LogP contribution in [0.15, 0.2) is 75.8 Å². The van der Waals surface area contributed by atoms with Crippen LogP contribution in [0.25, 0.3) is 28.3 Å². The van der Waals surface area contributed by atoms with E-state index in [9.17, 15) is 14.4 Å². The van der Waals surface area contributed by atoms with Gasteiger partial charge < -0.3 is 4.42 Å². The third-order valence-electron chi connectivity index (χ3n) is 4.28. The summed E-state index contributed by atoms with van der Waals surface area (Å²) in [7, 11) is 0. The van der Waals surface area contributed by atoms with E-state index in [2.05, 4.69) is 22.0 Å². The molecular formula is C22H12BrFN2O2. The number of allylic oxidation sites excluding steroid dienone is 1.